The maximum Gasteiger partial charge on any atom is 0.339 e. The van der Waals surface area contributed by atoms with Gasteiger partial charge in [0.2, 0.25) is 0 Å². The Bertz CT molecular complexity index is 773. The number of unbranched alkanes of at least 4 members (excludes halogenated alkanes) is 14. The highest BCUT2D eigenvalue weighted by atomic mass is 16.5. The Labute approximate surface area is 217 Å². The molecule has 0 fully saturated rings. The third kappa shape index (κ3) is 13.1. The van der Waals surface area contributed by atoms with E-state index in [-0.39, 0.29) is 11.7 Å². The molecule has 1 rings (SSSR count). The molecule has 0 spiro atoms. The van der Waals surface area contributed by atoms with E-state index < -0.39 is 29.0 Å². The van der Waals surface area contributed by atoms with Crippen LogP contribution in [-0.2, 0) is 4.74 Å². The molecule has 1 atom stereocenters. The third-order valence-electron chi connectivity index (χ3n) is 6.76. The van der Waals surface area contributed by atoms with Gasteiger partial charge >= 0.3 is 17.9 Å². The highest BCUT2D eigenvalue weighted by Crippen LogP contribution is 2.21. The zero-order valence-corrected chi connectivity index (χ0v) is 22.6. The second kappa shape index (κ2) is 19.8. The molecule has 1 unspecified atom stereocenters. The first kappa shape index (κ1) is 31.7. The number of carboxylic acid groups (broad SMARTS) is 2. The summed E-state index contributed by atoms with van der Waals surface area (Å²) >= 11 is 0. The molecule has 6 heteroatoms. The van der Waals surface area contributed by atoms with Crippen molar-refractivity contribution in [2.24, 2.45) is 0 Å². The zero-order valence-electron chi connectivity index (χ0n) is 22.6. The summed E-state index contributed by atoms with van der Waals surface area (Å²) in [4.78, 5) is 36.1. The first-order valence-corrected chi connectivity index (χ1v) is 14.2. The van der Waals surface area contributed by atoms with Gasteiger partial charge in [0.15, 0.2) is 0 Å². The lowest BCUT2D eigenvalue weighted by atomic mass is 10.00. The van der Waals surface area contributed by atoms with Gasteiger partial charge in [0.25, 0.3) is 0 Å². The first-order valence-electron chi connectivity index (χ1n) is 14.2. The lowest BCUT2D eigenvalue weighted by molar-refractivity contribution is 0.0244. The van der Waals surface area contributed by atoms with Gasteiger partial charge in [-0.25, -0.2) is 14.4 Å². The Morgan fingerprint density at radius 3 is 1.47 bits per heavy atom. The van der Waals surface area contributed by atoms with Gasteiger partial charge in [0.05, 0.1) is 16.7 Å². The number of rotatable bonds is 22. The van der Waals surface area contributed by atoms with Crippen LogP contribution in [-0.4, -0.2) is 34.2 Å². The second-order valence-electron chi connectivity index (χ2n) is 9.89. The molecule has 0 bridgehead atoms. The van der Waals surface area contributed by atoms with E-state index in [0.717, 1.165) is 51.4 Å². The summed E-state index contributed by atoms with van der Waals surface area (Å²) in [5, 5.41) is 18.9. The minimum absolute atomic E-state index is 0.197. The van der Waals surface area contributed by atoms with Crippen LogP contribution in [0.2, 0.25) is 0 Å². The number of carbonyl (C=O) groups is 3. The van der Waals surface area contributed by atoms with Gasteiger partial charge in [0.1, 0.15) is 6.10 Å². The van der Waals surface area contributed by atoms with Gasteiger partial charge in [-0.2, -0.15) is 0 Å². The molecule has 0 saturated carbocycles. The molecule has 36 heavy (non-hydrogen) atoms. The number of ether oxygens (including phenoxy) is 1. The molecule has 0 amide bonds. The molecule has 0 saturated heterocycles. The minimum Gasteiger partial charge on any atom is -0.478 e. The van der Waals surface area contributed by atoms with E-state index in [0.29, 0.717) is 0 Å². The SMILES string of the molecule is CCCCCCCCCCCCCC(CCCCCCC)OC(=O)c1cccc(C(=O)O)c1C(=O)O. The number of hydrogen-bond acceptors (Lipinski definition) is 4. The molecule has 6 nitrogen and oxygen atoms in total. The van der Waals surface area contributed by atoms with Crippen LogP contribution >= 0.6 is 0 Å². The molecule has 0 heterocycles. The summed E-state index contributed by atoms with van der Waals surface area (Å²) in [5.41, 5.74) is -1.11. The highest BCUT2D eigenvalue weighted by Gasteiger charge is 2.26. The van der Waals surface area contributed by atoms with E-state index in [9.17, 15) is 24.6 Å². The van der Waals surface area contributed by atoms with Crippen LogP contribution in [0.4, 0.5) is 0 Å². The predicted molar refractivity (Wildman–Crippen MR) is 144 cm³/mol. The molecule has 0 aliphatic carbocycles. The van der Waals surface area contributed by atoms with Crippen molar-refractivity contribution in [3.63, 3.8) is 0 Å². The zero-order chi connectivity index (χ0) is 26.6. The number of aromatic carboxylic acids is 2. The maximum absolute atomic E-state index is 12.9. The van der Waals surface area contributed by atoms with Gasteiger partial charge in [0, 0.05) is 0 Å². The molecule has 0 aliphatic rings. The highest BCUT2D eigenvalue weighted by molar-refractivity contribution is 6.09. The normalized spacial score (nSPS) is 11.8. The van der Waals surface area contributed by atoms with Crippen molar-refractivity contribution in [2.45, 2.75) is 136 Å². The van der Waals surface area contributed by atoms with Crippen molar-refractivity contribution in [2.75, 3.05) is 0 Å². The van der Waals surface area contributed by atoms with E-state index in [1.165, 1.54) is 82.4 Å². The van der Waals surface area contributed by atoms with Crippen LogP contribution in [0.25, 0.3) is 0 Å². The third-order valence-corrected chi connectivity index (χ3v) is 6.76. The fraction of sp³-hybridized carbons (Fsp3) is 0.700. The average Bonchev–Trinajstić information content (AvgIpc) is 2.86. The van der Waals surface area contributed by atoms with Gasteiger partial charge < -0.3 is 14.9 Å². The number of carbonyl (C=O) groups excluding carboxylic acids is 1. The standard InChI is InChI=1S/C30H48O6/c1-3-5-7-9-10-11-12-13-14-16-18-21-24(20-17-15-8-6-4-2)36-30(35)26-23-19-22-25(28(31)32)27(26)29(33)34/h19,22-24H,3-18,20-21H2,1-2H3,(H,31,32)(H,33,34). The van der Waals surface area contributed by atoms with E-state index in [2.05, 4.69) is 13.8 Å². The molecule has 1 aromatic rings. The Kier molecular flexibility index (Phi) is 17.4. The fourth-order valence-corrected chi connectivity index (χ4v) is 4.62. The van der Waals surface area contributed by atoms with Gasteiger partial charge in [-0.1, -0.05) is 110 Å². The van der Waals surface area contributed by atoms with Gasteiger partial charge in [-0.05, 0) is 37.8 Å². The molecule has 1 aromatic carbocycles. The Hall–Kier alpha value is -2.37. The monoisotopic (exact) mass is 504 g/mol. The largest absolute Gasteiger partial charge is 0.478 e. The smallest absolute Gasteiger partial charge is 0.339 e. The van der Waals surface area contributed by atoms with Crippen molar-refractivity contribution in [3.05, 3.63) is 34.9 Å². The van der Waals surface area contributed by atoms with E-state index in [1.807, 2.05) is 0 Å². The van der Waals surface area contributed by atoms with Crippen LogP contribution in [0.1, 0.15) is 160 Å². The molecular weight excluding hydrogens is 456 g/mol. The second-order valence-corrected chi connectivity index (χ2v) is 9.89. The van der Waals surface area contributed by atoms with Crippen LogP contribution < -0.4 is 0 Å². The van der Waals surface area contributed by atoms with E-state index in [4.69, 9.17) is 4.74 Å². The lowest BCUT2D eigenvalue weighted by Crippen LogP contribution is -2.22. The lowest BCUT2D eigenvalue weighted by Gasteiger charge is -2.19. The van der Waals surface area contributed by atoms with Crippen molar-refractivity contribution >= 4 is 17.9 Å². The van der Waals surface area contributed by atoms with E-state index in [1.54, 1.807) is 0 Å². The molecule has 0 radical (unpaired) electrons. The van der Waals surface area contributed by atoms with Crippen LogP contribution in [0, 0.1) is 0 Å². The van der Waals surface area contributed by atoms with Crippen molar-refractivity contribution in [3.8, 4) is 0 Å². The van der Waals surface area contributed by atoms with Crippen LogP contribution in [0.3, 0.4) is 0 Å². The topological polar surface area (TPSA) is 101 Å². The van der Waals surface area contributed by atoms with Crippen LogP contribution in [0.5, 0.6) is 0 Å². The summed E-state index contributed by atoms with van der Waals surface area (Å²) in [6, 6.07) is 3.91. The Morgan fingerprint density at radius 2 is 1.06 bits per heavy atom. The summed E-state index contributed by atoms with van der Waals surface area (Å²) in [5.74, 6) is -3.57. The first-order chi connectivity index (χ1) is 17.4. The van der Waals surface area contributed by atoms with Crippen molar-refractivity contribution < 1.29 is 29.3 Å². The molecule has 0 aliphatic heterocycles. The van der Waals surface area contributed by atoms with E-state index >= 15 is 0 Å². The van der Waals surface area contributed by atoms with Gasteiger partial charge in [-0.3, -0.25) is 0 Å². The number of carboxylic acids is 2. The van der Waals surface area contributed by atoms with Crippen molar-refractivity contribution in [1.82, 2.24) is 0 Å². The number of benzene rings is 1. The summed E-state index contributed by atoms with van der Waals surface area (Å²) in [7, 11) is 0. The Morgan fingerprint density at radius 1 is 0.639 bits per heavy atom. The van der Waals surface area contributed by atoms with Crippen LogP contribution in [0.15, 0.2) is 18.2 Å². The quantitative estimate of drug-likeness (QED) is 0.121. The maximum atomic E-state index is 12.9. The summed E-state index contributed by atoms with van der Waals surface area (Å²) in [6.45, 7) is 4.41. The molecule has 0 aromatic heterocycles. The summed E-state index contributed by atoms with van der Waals surface area (Å²) < 4.78 is 5.77. The molecular formula is C30H48O6. The number of hydrogen-bond donors (Lipinski definition) is 2. The fourth-order valence-electron chi connectivity index (χ4n) is 4.62. The molecule has 204 valence electrons. The van der Waals surface area contributed by atoms with Gasteiger partial charge in [-0.15, -0.1) is 0 Å². The summed E-state index contributed by atoms with van der Waals surface area (Å²) in [6.07, 6.45) is 20.4. The number of esters is 1. The molecule has 2 N–H and O–H groups in total. The predicted octanol–water partition coefficient (Wildman–Crippen LogP) is 8.67. The average molecular weight is 505 g/mol. The van der Waals surface area contributed by atoms with Crippen molar-refractivity contribution in [1.29, 1.82) is 0 Å². The minimum atomic E-state index is -1.44. The Balaban J connectivity index is 2.59.